The van der Waals surface area contributed by atoms with Gasteiger partial charge < -0.3 is 25.6 Å². The number of hydrogen-bond acceptors (Lipinski definition) is 6. The largest absolute Gasteiger partial charge is 0.480 e. The Bertz CT molecular complexity index is 1120. The van der Waals surface area contributed by atoms with Crippen molar-refractivity contribution >= 4 is 23.8 Å². The van der Waals surface area contributed by atoms with E-state index >= 15 is 0 Å². The molecule has 2 unspecified atom stereocenters. The zero-order valence-electron chi connectivity index (χ0n) is 39.4. The quantitative estimate of drug-likeness (QED) is 0.0271. The van der Waals surface area contributed by atoms with Crippen LogP contribution in [-0.2, 0) is 23.9 Å². The van der Waals surface area contributed by atoms with Crippen LogP contribution in [0.3, 0.4) is 0 Å². The molecule has 0 aromatic rings. The molecule has 0 fully saturated rings. The first kappa shape index (κ1) is 58.1. The molecule has 0 aromatic heterocycles. The Balaban J connectivity index is 4.34. The Labute approximate surface area is 374 Å². The number of unbranched alkanes of at least 4 members (excludes halogenated alkanes) is 26. The summed E-state index contributed by atoms with van der Waals surface area (Å²) in [4.78, 5) is 47.8. The molecule has 0 saturated heterocycles. The van der Waals surface area contributed by atoms with Crippen LogP contribution in [0, 0.1) is 0 Å². The number of carboxylic acid groups (broad SMARTS) is 1. The number of carbonyl (C=O) groups is 4. The fourth-order valence-corrected chi connectivity index (χ4v) is 7.45. The van der Waals surface area contributed by atoms with E-state index in [1.165, 1.54) is 135 Å². The van der Waals surface area contributed by atoms with E-state index in [9.17, 15) is 19.2 Å². The highest BCUT2D eigenvalue weighted by Gasteiger charge is 2.19. The summed E-state index contributed by atoms with van der Waals surface area (Å²) in [5, 5.41) is 22.6. The molecular weight excluding hydrogens is 765 g/mol. The van der Waals surface area contributed by atoms with Crippen LogP contribution in [0.5, 0.6) is 0 Å². The van der Waals surface area contributed by atoms with Gasteiger partial charge in [0, 0.05) is 12.8 Å². The molecule has 9 nitrogen and oxygen atoms in total. The summed E-state index contributed by atoms with van der Waals surface area (Å²) in [6.07, 6.45) is 54.6. The van der Waals surface area contributed by atoms with Gasteiger partial charge in [0.2, 0.25) is 11.8 Å². The summed E-state index contributed by atoms with van der Waals surface area (Å²) in [7, 11) is 0. The summed E-state index contributed by atoms with van der Waals surface area (Å²) in [5.41, 5.74) is 0. The Morgan fingerprint density at radius 3 is 1.36 bits per heavy atom. The second-order valence-electron chi connectivity index (χ2n) is 17.3. The average Bonchev–Trinajstić information content (AvgIpc) is 3.25. The van der Waals surface area contributed by atoms with E-state index in [1.807, 2.05) is 0 Å². The summed E-state index contributed by atoms with van der Waals surface area (Å²) < 4.78 is 6.06. The minimum atomic E-state index is -1.38. The third-order valence-corrected chi connectivity index (χ3v) is 11.4. The molecule has 0 heterocycles. The highest BCUT2D eigenvalue weighted by Crippen LogP contribution is 2.19. The molecule has 0 spiro atoms. The first-order valence-corrected chi connectivity index (χ1v) is 25.4. The fourth-order valence-electron chi connectivity index (χ4n) is 7.45. The molecule has 0 aliphatic carbocycles. The van der Waals surface area contributed by atoms with Crippen LogP contribution in [0.1, 0.15) is 245 Å². The van der Waals surface area contributed by atoms with Gasteiger partial charge in [-0.05, 0) is 96.3 Å². The van der Waals surface area contributed by atoms with Gasteiger partial charge in [0.05, 0.1) is 13.2 Å². The van der Waals surface area contributed by atoms with Crippen LogP contribution in [-0.4, -0.2) is 59.3 Å². The lowest BCUT2D eigenvalue weighted by Gasteiger charge is -2.18. The van der Waals surface area contributed by atoms with Gasteiger partial charge >= 0.3 is 11.9 Å². The maximum absolute atomic E-state index is 12.9. The second-order valence-corrected chi connectivity index (χ2v) is 17.3. The number of ether oxygens (including phenoxy) is 1. The SMILES string of the molecule is CCCCCC/C=C\C/C=C\CCCCCCCCCC(=O)OC(CCCCC/C=C\CCCCCCCCCC)CCCCCCCC(=O)NCC(=O)NC(CO)C(=O)O. The Kier molecular flexibility index (Phi) is 44.3. The van der Waals surface area contributed by atoms with E-state index in [2.05, 4.69) is 60.9 Å². The maximum atomic E-state index is 12.9. The van der Waals surface area contributed by atoms with Gasteiger partial charge in [-0.15, -0.1) is 0 Å². The van der Waals surface area contributed by atoms with Gasteiger partial charge in [-0.25, -0.2) is 4.79 Å². The number of nitrogens with one attached hydrogen (secondary N) is 2. The van der Waals surface area contributed by atoms with Gasteiger partial charge in [0.25, 0.3) is 0 Å². The van der Waals surface area contributed by atoms with E-state index in [1.54, 1.807) is 0 Å². The van der Waals surface area contributed by atoms with Crippen molar-refractivity contribution in [1.82, 2.24) is 10.6 Å². The van der Waals surface area contributed by atoms with Crippen LogP contribution in [0.25, 0.3) is 0 Å². The second kappa shape index (κ2) is 46.6. The van der Waals surface area contributed by atoms with E-state index in [0.717, 1.165) is 77.0 Å². The summed E-state index contributed by atoms with van der Waals surface area (Å²) in [5.74, 6) is -2.30. The molecule has 0 bridgehead atoms. The number of aliphatic hydroxyl groups is 1. The molecule has 0 rings (SSSR count). The number of carbonyl (C=O) groups excluding carboxylic acids is 3. The lowest BCUT2D eigenvalue weighted by atomic mass is 10.0. The van der Waals surface area contributed by atoms with Gasteiger partial charge in [-0.3, -0.25) is 14.4 Å². The highest BCUT2D eigenvalue weighted by molar-refractivity contribution is 5.87. The Morgan fingerprint density at radius 2 is 0.885 bits per heavy atom. The molecule has 0 radical (unpaired) electrons. The van der Waals surface area contributed by atoms with Crippen LogP contribution >= 0.6 is 0 Å². The van der Waals surface area contributed by atoms with Crippen molar-refractivity contribution in [3.05, 3.63) is 36.5 Å². The van der Waals surface area contributed by atoms with Crippen LogP contribution in [0.4, 0.5) is 0 Å². The zero-order chi connectivity index (χ0) is 44.7. The minimum Gasteiger partial charge on any atom is -0.480 e. The smallest absolute Gasteiger partial charge is 0.328 e. The third kappa shape index (κ3) is 43.5. The van der Waals surface area contributed by atoms with Crippen LogP contribution < -0.4 is 10.6 Å². The first-order chi connectivity index (χ1) is 29.8. The van der Waals surface area contributed by atoms with Crippen molar-refractivity contribution < 1.29 is 34.1 Å². The van der Waals surface area contributed by atoms with Gasteiger partial charge in [0.15, 0.2) is 0 Å². The first-order valence-electron chi connectivity index (χ1n) is 25.4. The number of aliphatic carboxylic acids is 1. The molecule has 0 saturated carbocycles. The zero-order valence-corrected chi connectivity index (χ0v) is 39.4. The molecule has 0 aromatic carbocycles. The summed E-state index contributed by atoms with van der Waals surface area (Å²) in [6.45, 7) is 3.48. The number of esters is 1. The number of allylic oxidation sites excluding steroid dienone is 6. The van der Waals surface area contributed by atoms with Gasteiger partial charge in [0.1, 0.15) is 12.1 Å². The number of hydrogen-bond donors (Lipinski definition) is 4. The lowest BCUT2D eigenvalue weighted by molar-refractivity contribution is -0.150. The Hall–Kier alpha value is -2.94. The standard InChI is InChI=1S/C52H94N2O7/c1-3-5-7-9-11-13-15-17-19-20-21-23-25-27-29-31-36-40-44-51(58)61-47(41-37-33-30-28-26-24-22-18-16-14-12-10-8-6-4-2)42-38-34-32-35-39-43-49(56)53-45-50(57)54-48(46-55)52(59)60/h13,15,19-20,24,26,47-48,55H,3-12,14,16-18,21-23,25,27-46H2,1-2H3,(H,53,56)(H,54,57)(H,59,60)/b15-13-,20-19-,26-24-. The van der Waals surface area contributed by atoms with Crippen molar-refractivity contribution in [2.45, 2.75) is 257 Å². The number of amides is 2. The average molecular weight is 859 g/mol. The van der Waals surface area contributed by atoms with E-state index in [-0.39, 0.29) is 24.5 Å². The molecule has 0 aliphatic heterocycles. The van der Waals surface area contributed by atoms with Crippen molar-refractivity contribution in [2.24, 2.45) is 0 Å². The van der Waals surface area contributed by atoms with Crippen molar-refractivity contribution in [1.29, 1.82) is 0 Å². The van der Waals surface area contributed by atoms with E-state index in [0.29, 0.717) is 19.3 Å². The third-order valence-electron chi connectivity index (χ3n) is 11.4. The number of rotatable bonds is 46. The summed E-state index contributed by atoms with van der Waals surface area (Å²) >= 11 is 0. The van der Waals surface area contributed by atoms with Crippen LogP contribution in [0.2, 0.25) is 0 Å². The minimum absolute atomic E-state index is 0.0332. The van der Waals surface area contributed by atoms with E-state index in [4.69, 9.17) is 14.9 Å². The molecular formula is C52H94N2O7. The van der Waals surface area contributed by atoms with E-state index < -0.39 is 24.5 Å². The maximum Gasteiger partial charge on any atom is 0.328 e. The fraction of sp³-hybridized carbons (Fsp3) is 0.808. The topological polar surface area (TPSA) is 142 Å². The lowest BCUT2D eigenvalue weighted by Crippen LogP contribution is -2.47. The van der Waals surface area contributed by atoms with Crippen LogP contribution in [0.15, 0.2) is 36.5 Å². The van der Waals surface area contributed by atoms with Gasteiger partial charge in [-0.2, -0.15) is 0 Å². The number of carboxylic acids is 1. The molecule has 2 atom stereocenters. The predicted molar refractivity (Wildman–Crippen MR) is 255 cm³/mol. The highest BCUT2D eigenvalue weighted by atomic mass is 16.5. The monoisotopic (exact) mass is 859 g/mol. The van der Waals surface area contributed by atoms with Crippen molar-refractivity contribution in [2.75, 3.05) is 13.2 Å². The molecule has 61 heavy (non-hydrogen) atoms. The number of aliphatic hydroxyl groups excluding tert-OH is 1. The Morgan fingerprint density at radius 1 is 0.492 bits per heavy atom. The molecule has 9 heteroatoms. The van der Waals surface area contributed by atoms with Crippen molar-refractivity contribution in [3.63, 3.8) is 0 Å². The molecule has 2 amide bonds. The molecule has 354 valence electrons. The normalized spacial score (nSPS) is 12.7. The predicted octanol–water partition coefficient (Wildman–Crippen LogP) is 13.3. The molecule has 4 N–H and O–H groups in total. The molecule has 0 aliphatic rings. The summed E-state index contributed by atoms with van der Waals surface area (Å²) in [6, 6.07) is -1.38. The van der Waals surface area contributed by atoms with Gasteiger partial charge in [-0.1, -0.05) is 172 Å². The van der Waals surface area contributed by atoms with Crippen molar-refractivity contribution in [3.8, 4) is 0 Å².